The summed E-state index contributed by atoms with van der Waals surface area (Å²) in [4.78, 5) is 20.8. The highest BCUT2D eigenvalue weighted by molar-refractivity contribution is 5.97. The SMILES string of the molecule is Cc1nn2cccnc2c1C(=O)O[C@@H](C)c1ccccn1. The number of pyridine rings is 1. The van der Waals surface area contributed by atoms with Crippen molar-refractivity contribution in [3.05, 3.63) is 59.8 Å². The first-order chi connectivity index (χ1) is 10.2. The first-order valence-corrected chi connectivity index (χ1v) is 6.58. The summed E-state index contributed by atoms with van der Waals surface area (Å²) in [5, 5.41) is 4.25. The molecule has 0 bridgehead atoms. The average molecular weight is 282 g/mol. The van der Waals surface area contributed by atoms with Crippen LogP contribution in [-0.4, -0.2) is 25.6 Å². The third-order valence-electron chi connectivity index (χ3n) is 3.16. The molecule has 0 spiro atoms. The van der Waals surface area contributed by atoms with Gasteiger partial charge in [-0.3, -0.25) is 4.98 Å². The number of ether oxygens (including phenoxy) is 1. The molecule has 0 saturated heterocycles. The zero-order chi connectivity index (χ0) is 14.8. The molecule has 6 heteroatoms. The van der Waals surface area contributed by atoms with Crippen LogP contribution < -0.4 is 0 Å². The second kappa shape index (κ2) is 5.32. The predicted molar refractivity (Wildman–Crippen MR) is 75.8 cm³/mol. The van der Waals surface area contributed by atoms with Gasteiger partial charge in [-0.05, 0) is 32.0 Å². The van der Waals surface area contributed by atoms with Crippen molar-refractivity contribution in [1.82, 2.24) is 19.6 Å². The van der Waals surface area contributed by atoms with Crippen LogP contribution in [0.4, 0.5) is 0 Å². The summed E-state index contributed by atoms with van der Waals surface area (Å²) >= 11 is 0. The Morgan fingerprint density at radius 1 is 1.24 bits per heavy atom. The maximum absolute atomic E-state index is 12.4. The Morgan fingerprint density at radius 3 is 2.81 bits per heavy atom. The quantitative estimate of drug-likeness (QED) is 0.690. The second-order valence-electron chi connectivity index (χ2n) is 4.65. The van der Waals surface area contributed by atoms with E-state index in [9.17, 15) is 4.79 Å². The molecular formula is C15H14N4O2. The van der Waals surface area contributed by atoms with Gasteiger partial charge in [-0.15, -0.1) is 0 Å². The predicted octanol–water partition coefficient (Wildman–Crippen LogP) is 2.35. The number of aryl methyl sites for hydroxylation is 1. The van der Waals surface area contributed by atoms with Crippen LogP contribution in [0.15, 0.2) is 42.9 Å². The molecule has 21 heavy (non-hydrogen) atoms. The molecule has 0 amide bonds. The number of carbonyl (C=O) groups is 1. The highest BCUT2D eigenvalue weighted by Crippen LogP contribution is 2.19. The summed E-state index contributed by atoms with van der Waals surface area (Å²) in [7, 11) is 0. The van der Waals surface area contributed by atoms with Gasteiger partial charge in [0.15, 0.2) is 5.65 Å². The Bertz CT molecular complexity index is 783. The highest BCUT2D eigenvalue weighted by atomic mass is 16.5. The van der Waals surface area contributed by atoms with E-state index >= 15 is 0 Å². The molecule has 0 aliphatic rings. The van der Waals surface area contributed by atoms with Gasteiger partial charge >= 0.3 is 5.97 Å². The van der Waals surface area contributed by atoms with Crippen LogP contribution in [0.5, 0.6) is 0 Å². The number of nitrogens with zero attached hydrogens (tertiary/aromatic N) is 4. The van der Waals surface area contributed by atoms with E-state index in [-0.39, 0.29) is 0 Å². The molecule has 0 radical (unpaired) electrons. The highest BCUT2D eigenvalue weighted by Gasteiger charge is 2.22. The van der Waals surface area contributed by atoms with E-state index in [2.05, 4.69) is 15.1 Å². The molecule has 3 rings (SSSR count). The lowest BCUT2D eigenvalue weighted by Gasteiger charge is -2.12. The van der Waals surface area contributed by atoms with Crippen molar-refractivity contribution in [2.75, 3.05) is 0 Å². The van der Waals surface area contributed by atoms with E-state index in [0.717, 1.165) is 0 Å². The second-order valence-corrected chi connectivity index (χ2v) is 4.65. The molecular weight excluding hydrogens is 268 g/mol. The number of rotatable bonds is 3. The summed E-state index contributed by atoms with van der Waals surface area (Å²) in [6.07, 6.45) is 4.60. The van der Waals surface area contributed by atoms with Crippen LogP contribution in [0.2, 0.25) is 0 Å². The van der Waals surface area contributed by atoms with Crippen LogP contribution in [-0.2, 0) is 4.74 Å². The Morgan fingerprint density at radius 2 is 2.05 bits per heavy atom. The molecule has 3 aromatic rings. The molecule has 0 aliphatic carbocycles. The number of carbonyl (C=O) groups excluding carboxylic acids is 1. The molecule has 3 aromatic heterocycles. The van der Waals surface area contributed by atoms with Crippen molar-refractivity contribution in [1.29, 1.82) is 0 Å². The van der Waals surface area contributed by atoms with Gasteiger partial charge < -0.3 is 4.74 Å². The van der Waals surface area contributed by atoms with E-state index in [1.165, 1.54) is 0 Å². The van der Waals surface area contributed by atoms with Crippen molar-refractivity contribution in [2.24, 2.45) is 0 Å². The Kier molecular flexibility index (Phi) is 3.35. The van der Waals surface area contributed by atoms with Gasteiger partial charge in [0.05, 0.1) is 11.4 Å². The van der Waals surface area contributed by atoms with Crippen LogP contribution in [0.1, 0.15) is 34.8 Å². The molecule has 0 fully saturated rings. The molecule has 0 aliphatic heterocycles. The fraction of sp³-hybridized carbons (Fsp3) is 0.200. The molecule has 0 saturated carbocycles. The van der Waals surface area contributed by atoms with Gasteiger partial charge in [0, 0.05) is 18.6 Å². The molecule has 3 heterocycles. The van der Waals surface area contributed by atoms with E-state index < -0.39 is 12.1 Å². The minimum atomic E-state index is -0.445. The smallest absolute Gasteiger partial charge is 0.344 e. The van der Waals surface area contributed by atoms with Gasteiger partial charge in [-0.25, -0.2) is 14.3 Å². The zero-order valence-electron chi connectivity index (χ0n) is 11.7. The Hall–Kier alpha value is -2.76. The summed E-state index contributed by atoms with van der Waals surface area (Å²) in [6, 6.07) is 7.25. The van der Waals surface area contributed by atoms with E-state index in [1.807, 2.05) is 18.2 Å². The first-order valence-electron chi connectivity index (χ1n) is 6.58. The van der Waals surface area contributed by atoms with E-state index in [4.69, 9.17) is 4.74 Å². The lowest BCUT2D eigenvalue weighted by atomic mass is 10.2. The molecule has 106 valence electrons. The van der Waals surface area contributed by atoms with Gasteiger partial charge in [0.25, 0.3) is 0 Å². The van der Waals surface area contributed by atoms with Crippen molar-refractivity contribution in [3.8, 4) is 0 Å². The maximum atomic E-state index is 12.4. The number of hydrogen-bond acceptors (Lipinski definition) is 5. The molecule has 0 N–H and O–H groups in total. The van der Waals surface area contributed by atoms with Gasteiger partial charge in [0.2, 0.25) is 0 Å². The number of aromatic nitrogens is 4. The van der Waals surface area contributed by atoms with Crippen molar-refractivity contribution < 1.29 is 9.53 Å². The topological polar surface area (TPSA) is 69.4 Å². The van der Waals surface area contributed by atoms with Gasteiger partial charge in [-0.1, -0.05) is 6.07 Å². The minimum absolute atomic E-state index is 0.387. The average Bonchev–Trinajstić information content (AvgIpc) is 2.83. The number of fused-ring (bicyclic) bond motifs is 1. The Balaban J connectivity index is 1.89. The molecule has 0 aromatic carbocycles. The van der Waals surface area contributed by atoms with Gasteiger partial charge in [-0.2, -0.15) is 5.10 Å². The maximum Gasteiger partial charge on any atom is 0.344 e. The third kappa shape index (κ3) is 2.47. The van der Waals surface area contributed by atoms with Crippen molar-refractivity contribution >= 4 is 11.6 Å². The minimum Gasteiger partial charge on any atom is -0.452 e. The normalized spacial score (nSPS) is 12.3. The summed E-state index contributed by atoms with van der Waals surface area (Å²) in [5.41, 5.74) is 2.17. The van der Waals surface area contributed by atoms with Crippen LogP contribution >= 0.6 is 0 Å². The number of esters is 1. The number of hydrogen-bond donors (Lipinski definition) is 0. The molecule has 0 unspecified atom stereocenters. The lowest BCUT2D eigenvalue weighted by Crippen LogP contribution is -2.11. The van der Waals surface area contributed by atoms with Crippen LogP contribution in [0.25, 0.3) is 5.65 Å². The Labute approximate surface area is 121 Å². The molecule has 1 atom stereocenters. The summed E-state index contributed by atoms with van der Waals surface area (Å²) in [6.45, 7) is 3.55. The molecule has 6 nitrogen and oxygen atoms in total. The van der Waals surface area contributed by atoms with Crippen molar-refractivity contribution in [2.45, 2.75) is 20.0 Å². The van der Waals surface area contributed by atoms with Crippen molar-refractivity contribution in [3.63, 3.8) is 0 Å². The fourth-order valence-electron chi connectivity index (χ4n) is 2.13. The van der Waals surface area contributed by atoms with Gasteiger partial charge in [0.1, 0.15) is 11.7 Å². The van der Waals surface area contributed by atoms with E-state index in [0.29, 0.717) is 22.6 Å². The zero-order valence-corrected chi connectivity index (χ0v) is 11.7. The largest absolute Gasteiger partial charge is 0.452 e. The lowest BCUT2D eigenvalue weighted by molar-refractivity contribution is 0.0330. The summed E-state index contributed by atoms with van der Waals surface area (Å²) < 4.78 is 7.04. The fourth-order valence-corrected chi connectivity index (χ4v) is 2.13. The monoisotopic (exact) mass is 282 g/mol. The standard InChI is InChI=1S/C15H14N4O2/c1-10-13(14-17-8-5-9-19(14)18-10)15(20)21-11(2)12-6-3-4-7-16-12/h3-9,11H,1-2H3/t11-/m0/s1. The van der Waals surface area contributed by atoms with Crippen LogP contribution in [0.3, 0.4) is 0 Å². The van der Waals surface area contributed by atoms with Crippen LogP contribution in [0, 0.1) is 6.92 Å². The van der Waals surface area contributed by atoms with E-state index in [1.54, 1.807) is 43.0 Å². The summed E-state index contributed by atoms with van der Waals surface area (Å²) in [5.74, 6) is -0.445. The third-order valence-corrected chi connectivity index (χ3v) is 3.16. The first kappa shape index (κ1) is 13.2.